The molecule has 1 aromatic carbocycles. The summed E-state index contributed by atoms with van der Waals surface area (Å²) in [5.74, 6) is 1.55. The van der Waals surface area contributed by atoms with Gasteiger partial charge in [-0.1, -0.05) is 31.9 Å². The Morgan fingerprint density at radius 2 is 2.22 bits per heavy atom. The van der Waals surface area contributed by atoms with Gasteiger partial charge in [-0.05, 0) is 30.4 Å². The van der Waals surface area contributed by atoms with E-state index in [0.29, 0.717) is 22.0 Å². The average molecular weight is 264 g/mol. The molecule has 1 unspecified atom stereocenters. The van der Waals surface area contributed by atoms with Gasteiger partial charge >= 0.3 is 0 Å². The van der Waals surface area contributed by atoms with Crippen LogP contribution < -0.4 is 5.73 Å². The summed E-state index contributed by atoms with van der Waals surface area (Å²) in [6, 6.07) is 3.65. The molecule has 0 bridgehead atoms. The largest absolute Gasteiger partial charge is 0.397 e. The molecule has 3 N–H and O–H groups in total. The number of nitrogens with zero attached hydrogens (tertiary/aromatic N) is 1. The number of halogens is 1. The van der Waals surface area contributed by atoms with Crippen molar-refractivity contribution in [2.45, 2.75) is 39.0 Å². The van der Waals surface area contributed by atoms with Crippen LogP contribution in [0, 0.1) is 5.41 Å². The third-order valence-electron chi connectivity index (χ3n) is 4.19. The number of aromatic nitrogens is 2. The van der Waals surface area contributed by atoms with Crippen LogP contribution in [0.4, 0.5) is 5.69 Å². The summed E-state index contributed by atoms with van der Waals surface area (Å²) in [6.45, 7) is 4.63. The highest BCUT2D eigenvalue weighted by atomic mass is 35.5. The van der Waals surface area contributed by atoms with E-state index in [2.05, 4.69) is 18.8 Å². The van der Waals surface area contributed by atoms with Gasteiger partial charge in [0.2, 0.25) is 0 Å². The Morgan fingerprint density at radius 1 is 1.44 bits per heavy atom. The number of nitrogens with two attached hydrogens (primary N) is 1. The van der Waals surface area contributed by atoms with Crippen LogP contribution in [0.3, 0.4) is 0 Å². The summed E-state index contributed by atoms with van der Waals surface area (Å²) in [6.07, 6.45) is 3.72. The fourth-order valence-corrected chi connectivity index (χ4v) is 3.35. The minimum absolute atomic E-state index is 0.312. The average Bonchev–Trinajstić information content (AvgIpc) is 2.80. The number of rotatable bonds is 1. The van der Waals surface area contributed by atoms with Gasteiger partial charge in [0.25, 0.3) is 0 Å². The van der Waals surface area contributed by atoms with Crippen LogP contribution >= 0.6 is 11.6 Å². The first-order valence-electron chi connectivity index (χ1n) is 6.42. The van der Waals surface area contributed by atoms with Crippen LogP contribution in [-0.2, 0) is 0 Å². The molecule has 3 nitrogen and oxygen atoms in total. The first-order valence-corrected chi connectivity index (χ1v) is 6.80. The molecule has 0 amide bonds. The standard InChI is InChI=1S/C14H18ClN3/c1-14(2)5-3-4-9(14)13-17-11-7-8(15)6-10(16)12(11)18-13/h6-7,9H,3-5,16H2,1-2H3,(H,17,18). The zero-order chi connectivity index (χ0) is 12.9. The van der Waals surface area contributed by atoms with Gasteiger partial charge < -0.3 is 10.7 Å². The van der Waals surface area contributed by atoms with Crippen LogP contribution in [0.1, 0.15) is 44.9 Å². The smallest absolute Gasteiger partial charge is 0.112 e. The van der Waals surface area contributed by atoms with Crippen LogP contribution in [0.5, 0.6) is 0 Å². The lowest BCUT2D eigenvalue weighted by Crippen LogP contribution is -2.16. The van der Waals surface area contributed by atoms with Crippen LogP contribution in [-0.4, -0.2) is 9.97 Å². The van der Waals surface area contributed by atoms with Crippen molar-refractivity contribution < 1.29 is 0 Å². The van der Waals surface area contributed by atoms with Gasteiger partial charge in [-0.15, -0.1) is 0 Å². The highest BCUT2D eigenvalue weighted by molar-refractivity contribution is 6.31. The summed E-state index contributed by atoms with van der Waals surface area (Å²) in [5.41, 5.74) is 8.72. The third kappa shape index (κ3) is 1.77. The number of hydrogen-bond acceptors (Lipinski definition) is 2. The van der Waals surface area contributed by atoms with E-state index in [1.165, 1.54) is 19.3 Å². The first kappa shape index (κ1) is 11.8. The second-order valence-electron chi connectivity index (χ2n) is 5.95. The maximum atomic E-state index is 6.02. The second kappa shape index (κ2) is 3.89. The van der Waals surface area contributed by atoms with Crippen LogP contribution in [0.2, 0.25) is 5.02 Å². The van der Waals surface area contributed by atoms with Gasteiger partial charge in [0.15, 0.2) is 0 Å². The Morgan fingerprint density at radius 3 is 2.89 bits per heavy atom. The third-order valence-corrected chi connectivity index (χ3v) is 4.40. The molecule has 1 saturated carbocycles. The summed E-state index contributed by atoms with van der Waals surface area (Å²) in [7, 11) is 0. The van der Waals surface area contributed by atoms with Crippen molar-refractivity contribution in [2.24, 2.45) is 5.41 Å². The lowest BCUT2D eigenvalue weighted by molar-refractivity contribution is 0.324. The lowest BCUT2D eigenvalue weighted by atomic mass is 9.81. The molecule has 0 saturated heterocycles. The van der Waals surface area contributed by atoms with Crippen molar-refractivity contribution in [3.8, 4) is 0 Å². The van der Waals surface area contributed by atoms with Crippen LogP contribution in [0.15, 0.2) is 12.1 Å². The van der Waals surface area contributed by atoms with E-state index in [1.807, 2.05) is 6.07 Å². The Labute approximate surface area is 112 Å². The minimum Gasteiger partial charge on any atom is -0.397 e. The molecule has 0 spiro atoms. The fraction of sp³-hybridized carbons (Fsp3) is 0.500. The van der Waals surface area contributed by atoms with Gasteiger partial charge in [-0.3, -0.25) is 0 Å². The summed E-state index contributed by atoms with van der Waals surface area (Å²) < 4.78 is 0. The van der Waals surface area contributed by atoms with Crippen molar-refractivity contribution in [1.82, 2.24) is 9.97 Å². The van der Waals surface area contributed by atoms with Gasteiger partial charge in [0, 0.05) is 10.9 Å². The summed E-state index contributed by atoms with van der Waals surface area (Å²) in [4.78, 5) is 8.09. The number of hydrogen-bond donors (Lipinski definition) is 2. The number of H-pyrrole nitrogens is 1. The van der Waals surface area contributed by atoms with E-state index < -0.39 is 0 Å². The number of anilines is 1. The van der Waals surface area contributed by atoms with Crippen molar-refractivity contribution in [3.05, 3.63) is 23.0 Å². The number of imidazole rings is 1. The quantitative estimate of drug-likeness (QED) is 0.762. The number of nitrogens with one attached hydrogen (secondary N) is 1. The summed E-state index contributed by atoms with van der Waals surface area (Å²) in [5, 5.41) is 0.654. The Kier molecular flexibility index (Phi) is 2.56. The van der Waals surface area contributed by atoms with E-state index in [4.69, 9.17) is 22.3 Å². The molecule has 1 fully saturated rings. The van der Waals surface area contributed by atoms with E-state index in [0.717, 1.165) is 16.9 Å². The van der Waals surface area contributed by atoms with E-state index >= 15 is 0 Å². The van der Waals surface area contributed by atoms with Crippen molar-refractivity contribution in [1.29, 1.82) is 0 Å². The maximum absolute atomic E-state index is 6.02. The second-order valence-corrected chi connectivity index (χ2v) is 6.38. The van der Waals surface area contributed by atoms with Crippen molar-refractivity contribution in [3.63, 3.8) is 0 Å². The van der Waals surface area contributed by atoms with Gasteiger partial charge in [0.05, 0.1) is 11.2 Å². The Bertz CT molecular complexity index is 600. The first-order chi connectivity index (χ1) is 8.47. The number of aromatic amines is 1. The topological polar surface area (TPSA) is 54.7 Å². The van der Waals surface area contributed by atoms with Crippen molar-refractivity contribution in [2.75, 3.05) is 5.73 Å². The molecule has 3 rings (SSSR count). The highest BCUT2D eigenvalue weighted by Gasteiger charge is 2.37. The molecule has 2 aromatic rings. The van der Waals surface area contributed by atoms with Crippen molar-refractivity contribution >= 4 is 28.3 Å². The Hall–Kier alpha value is -1.22. The lowest BCUT2D eigenvalue weighted by Gasteiger charge is -2.24. The molecule has 1 heterocycles. The predicted molar refractivity (Wildman–Crippen MR) is 75.9 cm³/mol. The molecule has 18 heavy (non-hydrogen) atoms. The Balaban J connectivity index is 2.11. The SMILES string of the molecule is CC1(C)CCCC1c1nc2c(N)cc(Cl)cc2[nH]1. The number of benzene rings is 1. The van der Waals surface area contributed by atoms with E-state index in [9.17, 15) is 0 Å². The van der Waals surface area contributed by atoms with Gasteiger partial charge in [-0.2, -0.15) is 0 Å². The molecule has 96 valence electrons. The fourth-order valence-electron chi connectivity index (χ4n) is 3.13. The molecular formula is C14H18ClN3. The van der Waals surface area contributed by atoms with Gasteiger partial charge in [-0.25, -0.2) is 4.98 Å². The number of nitrogen functional groups attached to an aromatic ring is 1. The zero-order valence-corrected chi connectivity index (χ0v) is 11.5. The highest BCUT2D eigenvalue weighted by Crippen LogP contribution is 2.48. The minimum atomic E-state index is 0.312. The number of fused-ring (bicyclic) bond motifs is 1. The monoisotopic (exact) mass is 263 g/mol. The molecule has 0 aliphatic heterocycles. The molecular weight excluding hydrogens is 246 g/mol. The molecule has 0 radical (unpaired) electrons. The molecule has 1 aliphatic carbocycles. The normalized spacial score (nSPS) is 22.7. The molecule has 1 aliphatic rings. The van der Waals surface area contributed by atoms with Crippen LogP contribution in [0.25, 0.3) is 11.0 Å². The van der Waals surface area contributed by atoms with E-state index in [1.54, 1.807) is 6.07 Å². The molecule has 1 aromatic heterocycles. The molecule has 4 heteroatoms. The van der Waals surface area contributed by atoms with E-state index in [-0.39, 0.29) is 0 Å². The molecule has 1 atom stereocenters. The van der Waals surface area contributed by atoms with Gasteiger partial charge in [0.1, 0.15) is 11.3 Å². The zero-order valence-electron chi connectivity index (χ0n) is 10.8. The predicted octanol–water partition coefficient (Wildman–Crippen LogP) is 4.09. The summed E-state index contributed by atoms with van der Waals surface area (Å²) >= 11 is 6.02. The maximum Gasteiger partial charge on any atom is 0.112 e.